The van der Waals surface area contributed by atoms with E-state index in [2.05, 4.69) is 0 Å². The summed E-state index contributed by atoms with van der Waals surface area (Å²) in [6.07, 6.45) is 5.35. The number of amides is 1. The van der Waals surface area contributed by atoms with Crippen LogP contribution in [0.3, 0.4) is 0 Å². The van der Waals surface area contributed by atoms with Crippen molar-refractivity contribution in [2.24, 2.45) is 5.92 Å². The van der Waals surface area contributed by atoms with Gasteiger partial charge in [-0.2, -0.15) is 0 Å². The molecule has 1 heterocycles. The van der Waals surface area contributed by atoms with Crippen LogP contribution < -0.4 is 0 Å². The first kappa shape index (κ1) is 14.7. The number of rotatable bonds is 3. The summed E-state index contributed by atoms with van der Waals surface area (Å²) in [6, 6.07) is 0. The first-order valence-corrected chi connectivity index (χ1v) is 6.52. The zero-order chi connectivity index (χ0) is 13.8. The van der Waals surface area contributed by atoms with E-state index >= 15 is 0 Å². The predicted molar refractivity (Wildman–Crippen MR) is 70.1 cm³/mol. The number of Topliss-reactive ketones (excluding diaryl/α,β-unsaturated/α-hetero) is 1. The van der Waals surface area contributed by atoms with E-state index < -0.39 is 5.60 Å². The van der Waals surface area contributed by atoms with Crippen LogP contribution in [0, 0.1) is 5.92 Å². The largest absolute Gasteiger partial charge is 0.443 e. The first-order chi connectivity index (χ1) is 8.33. The lowest BCUT2D eigenvalue weighted by molar-refractivity contribution is -0.123. The molecule has 1 amide bonds. The predicted octanol–water partition coefficient (Wildman–Crippen LogP) is 3.13. The number of allylic oxidation sites excluding steroid dienone is 1. The Labute approximate surface area is 109 Å². The molecule has 1 rings (SSSR count). The normalized spacial score (nSPS) is 19.8. The van der Waals surface area contributed by atoms with Gasteiger partial charge in [0, 0.05) is 25.1 Å². The minimum absolute atomic E-state index is 0.0810. The van der Waals surface area contributed by atoms with Crippen LogP contribution in [0.1, 0.15) is 47.0 Å². The van der Waals surface area contributed by atoms with Crippen molar-refractivity contribution in [1.29, 1.82) is 0 Å². The summed E-state index contributed by atoms with van der Waals surface area (Å²) in [5, 5.41) is 0. The zero-order valence-corrected chi connectivity index (χ0v) is 11.7. The van der Waals surface area contributed by atoms with Crippen LogP contribution in [0.25, 0.3) is 0 Å². The third-order valence-corrected chi connectivity index (χ3v) is 2.70. The molecule has 0 saturated heterocycles. The van der Waals surface area contributed by atoms with Gasteiger partial charge in [-0.1, -0.05) is 13.0 Å². The maximum atomic E-state index is 11.9. The third-order valence-electron chi connectivity index (χ3n) is 2.70. The minimum Gasteiger partial charge on any atom is -0.443 e. The van der Waals surface area contributed by atoms with Crippen molar-refractivity contribution in [2.75, 3.05) is 6.54 Å². The van der Waals surface area contributed by atoms with E-state index in [1.165, 1.54) is 4.90 Å². The molecule has 1 unspecified atom stereocenters. The van der Waals surface area contributed by atoms with Gasteiger partial charge in [0.1, 0.15) is 11.4 Å². The molecule has 0 bridgehead atoms. The molecule has 0 aromatic heterocycles. The standard InChI is InChI=1S/C14H23NO3/c1-5-7-12(16)11-8-6-9-15(10-11)13(17)18-14(2,3)4/h6,9,11H,5,7-8,10H2,1-4H3. The number of ether oxygens (including phenoxy) is 1. The highest BCUT2D eigenvalue weighted by molar-refractivity contribution is 5.82. The number of ketones is 1. The van der Waals surface area contributed by atoms with Gasteiger partial charge in [0.25, 0.3) is 0 Å². The monoisotopic (exact) mass is 253 g/mol. The Morgan fingerprint density at radius 1 is 1.39 bits per heavy atom. The van der Waals surface area contributed by atoms with Gasteiger partial charge in [0.15, 0.2) is 0 Å². The average molecular weight is 253 g/mol. The third kappa shape index (κ3) is 4.51. The second kappa shape index (κ2) is 6.03. The SMILES string of the molecule is CCCC(=O)C1CC=CN(C(=O)OC(C)(C)C)C1. The van der Waals surface area contributed by atoms with Crippen molar-refractivity contribution in [3.63, 3.8) is 0 Å². The summed E-state index contributed by atoms with van der Waals surface area (Å²) in [5.74, 6) is 0.151. The number of hydrogen-bond donors (Lipinski definition) is 0. The van der Waals surface area contributed by atoms with Crippen molar-refractivity contribution < 1.29 is 14.3 Å². The molecule has 0 fully saturated rings. The molecule has 18 heavy (non-hydrogen) atoms. The fraction of sp³-hybridized carbons (Fsp3) is 0.714. The quantitative estimate of drug-likeness (QED) is 0.776. The first-order valence-electron chi connectivity index (χ1n) is 6.52. The zero-order valence-electron chi connectivity index (χ0n) is 11.7. The van der Waals surface area contributed by atoms with E-state index in [0.29, 0.717) is 13.0 Å². The molecule has 0 aromatic rings. The summed E-state index contributed by atoms with van der Waals surface area (Å²) in [7, 11) is 0. The van der Waals surface area contributed by atoms with Crippen LogP contribution >= 0.6 is 0 Å². The van der Waals surface area contributed by atoms with E-state index in [4.69, 9.17) is 4.74 Å². The molecule has 0 aliphatic carbocycles. The number of carbonyl (C=O) groups excluding carboxylic acids is 2. The van der Waals surface area contributed by atoms with E-state index in [-0.39, 0.29) is 17.8 Å². The van der Waals surface area contributed by atoms with Crippen LogP contribution in [0.15, 0.2) is 12.3 Å². The lowest BCUT2D eigenvalue weighted by atomic mass is 9.94. The highest BCUT2D eigenvalue weighted by Crippen LogP contribution is 2.19. The highest BCUT2D eigenvalue weighted by atomic mass is 16.6. The van der Waals surface area contributed by atoms with E-state index in [1.54, 1.807) is 6.20 Å². The van der Waals surface area contributed by atoms with Gasteiger partial charge in [0.05, 0.1) is 0 Å². The van der Waals surface area contributed by atoms with E-state index in [0.717, 1.165) is 12.8 Å². The summed E-state index contributed by atoms with van der Waals surface area (Å²) in [4.78, 5) is 25.2. The Hall–Kier alpha value is -1.32. The van der Waals surface area contributed by atoms with Crippen molar-refractivity contribution in [3.8, 4) is 0 Å². The number of nitrogens with zero attached hydrogens (tertiary/aromatic N) is 1. The maximum Gasteiger partial charge on any atom is 0.414 e. The molecule has 1 aliphatic rings. The van der Waals surface area contributed by atoms with Crippen LogP contribution in [0.4, 0.5) is 4.79 Å². The lowest BCUT2D eigenvalue weighted by Crippen LogP contribution is -2.39. The Morgan fingerprint density at radius 2 is 2.06 bits per heavy atom. The van der Waals surface area contributed by atoms with E-state index in [9.17, 15) is 9.59 Å². The summed E-state index contributed by atoms with van der Waals surface area (Å²) >= 11 is 0. The second-order valence-electron chi connectivity index (χ2n) is 5.67. The molecule has 0 radical (unpaired) electrons. The molecule has 0 spiro atoms. The number of carbonyl (C=O) groups is 2. The van der Waals surface area contributed by atoms with E-state index in [1.807, 2.05) is 33.8 Å². The maximum absolute atomic E-state index is 11.9. The molecule has 0 saturated carbocycles. The fourth-order valence-electron chi connectivity index (χ4n) is 1.86. The molecule has 0 N–H and O–H groups in total. The molecule has 4 heteroatoms. The van der Waals surface area contributed by atoms with Gasteiger partial charge in [-0.3, -0.25) is 9.69 Å². The van der Waals surface area contributed by atoms with Crippen molar-refractivity contribution >= 4 is 11.9 Å². The van der Waals surface area contributed by atoms with Gasteiger partial charge in [-0.25, -0.2) is 4.79 Å². The Balaban J connectivity index is 2.59. The van der Waals surface area contributed by atoms with Gasteiger partial charge >= 0.3 is 6.09 Å². The highest BCUT2D eigenvalue weighted by Gasteiger charge is 2.27. The smallest absolute Gasteiger partial charge is 0.414 e. The molecule has 0 aromatic carbocycles. The van der Waals surface area contributed by atoms with Gasteiger partial charge in [-0.05, 0) is 33.6 Å². The number of hydrogen-bond acceptors (Lipinski definition) is 3. The van der Waals surface area contributed by atoms with Gasteiger partial charge in [0.2, 0.25) is 0 Å². The Bertz CT molecular complexity index is 341. The van der Waals surface area contributed by atoms with Crippen molar-refractivity contribution in [1.82, 2.24) is 4.90 Å². The van der Waals surface area contributed by atoms with Crippen molar-refractivity contribution in [3.05, 3.63) is 12.3 Å². The van der Waals surface area contributed by atoms with Crippen LogP contribution in [0.2, 0.25) is 0 Å². The summed E-state index contributed by atoms with van der Waals surface area (Å²) < 4.78 is 5.29. The molecular weight excluding hydrogens is 230 g/mol. The lowest BCUT2D eigenvalue weighted by Gasteiger charge is -2.29. The Morgan fingerprint density at radius 3 is 2.61 bits per heavy atom. The molecule has 1 aliphatic heterocycles. The fourth-order valence-corrected chi connectivity index (χ4v) is 1.86. The molecule has 102 valence electrons. The molecular formula is C14H23NO3. The Kier molecular flexibility index (Phi) is 4.93. The van der Waals surface area contributed by atoms with Crippen LogP contribution in [-0.2, 0) is 9.53 Å². The van der Waals surface area contributed by atoms with Gasteiger partial charge < -0.3 is 4.74 Å². The minimum atomic E-state index is -0.509. The van der Waals surface area contributed by atoms with Crippen LogP contribution in [0.5, 0.6) is 0 Å². The van der Waals surface area contributed by atoms with Crippen LogP contribution in [-0.4, -0.2) is 28.9 Å². The van der Waals surface area contributed by atoms with Gasteiger partial charge in [-0.15, -0.1) is 0 Å². The average Bonchev–Trinajstić information content (AvgIpc) is 2.27. The molecule has 4 nitrogen and oxygen atoms in total. The van der Waals surface area contributed by atoms with Crippen molar-refractivity contribution in [2.45, 2.75) is 52.6 Å². The molecule has 1 atom stereocenters. The summed E-state index contributed by atoms with van der Waals surface area (Å²) in [6.45, 7) is 7.92. The topological polar surface area (TPSA) is 46.6 Å². The summed E-state index contributed by atoms with van der Waals surface area (Å²) in [5.41, 5.74) is -0.509. The second-order valence-corrected chi connectivity index (χ2v) is 5.67.